The second kappa shape index (κ2) is 83.7. The average molecular weight is 1780 g/mol. The van der Waals surface area contributed by atoms with Gasteiger partial charge in [-0.3, -0.25) is 0 Å². The third-order valence-corrected chi connectivity index (χ3v) is 21.9. The van der Waals surface area contributed by atoms with Gasteiger partial charge in [0.05, 0.1) is 26.4 Å². The van der Waals surface area contributed by atoms with E-state index in [4.69, 9.17) is 18.9 Å². The molecule has 0 amide bonds. The van der Waals surface area contributed by atoms with E-state index in [9.17, 15) is 0 Å². The molecule has 11 aromatic rings. The van der Waals surface area contributed by atoms with Gasteiger partial charge in [-0.25, -0.2) is 0 Å². The van der Waals surface area contributed by atoms with Crippen molar-refractivity contribution in [2.45, 2.75) is 377 Å². The van der Waals surface area contributed by atoms with Crippen LogP contribution in [0.5, 0.6) is 23.0 Å². The smallest absolute Gasteiger partial charge is 0.119 e. The summed E-state index contributed by atoms with van der Waals surface area (Å²) in [4.78, 5) is 0. The van der Waals surface area contributed by atoms with Crippen molar-refractivity contribution in [1.82, 2.24) is 0 Å². The highest BCUT2D eigenvalue weighted by Gasteiger charge is 2.03. The van der Waals surface area contributed by atoms with Crippen LogP contribution in [-0.4, -0.2) is 26.4 Å². The van der Waals surface area contributed by atoms with E-state index in [-0.39, 0.29) is 0 Å². The van der Waals surface area contributed by atoms with Crippen molar-refractivity contribution in [3.8, 4) is 23.0 Å². The Balaban J connectivity index is 0.000000721. The van der Waals surface area contributed by atoms with Crippen LogP contribution >= 0.6 is 0 Å². The fourth-order valence-electron chi connectivity index (χ4n) is 14.3. The molecule has 11 aromatic carbocycles. The average Bonchev–Trinajstić information content (AvgIpc) is 0.914. The van der Waals surface area contributed by atoms with Crippen molar-refractivity contribution in [3.05, 3.63) is 367 Å². The van der Waals surface area contributed by atoms with Gasteiger partial charge in [-0.1, -0.05) is 435 Å². The molecule has 0 atom stereocenters. The van der Waals surface area contributed by atoms with E-state index in [1.54, 1.807) is 0 Å². The van der Waals surface area contributed by atoms with Crippen molar-refractivity contribution in [2.75, 3.05) is 26.4 Å². The number of hydrogen-bond acceptors (Lipinski definition) is 4. The standard InChI is InChI=1S/C13H20.2C12H18O.3C12H18.2C11H16O.2C11H16.C10H14/c1-3-5-8-13-10-6-9-12(11-13)7-4-2;2*1-3-6-11-7-5-8-12(10-11)13-9-4-2;1-3-6-11-8-5-9-12(10-11)7-4-2;2*1-3-5-7-12-9-6-8-11(4-2)10-12;2*1-3-8-12-11-7-5-6-10(4-2)9-11;2*1-3-6-11-8-5-7-10(4-2)9-11;1-3-9-6-5-7-10(4-2)8-9/h6,9-11H,3-5,7-8H2,1-2H3;2*5,7-8,10H,3-4,6,9H2,1-2H3;5,8-10H,3-4,6-7H2,1-2H3;2*6,8-10H,3-5,7H2,1-2H3;2*5-7,9H,3-4,8H2,1-2H3;2*5,7-9H,3-4,6H2,1-2H3;5-8H,3-4H2,1-2H3. The quantitative estimate of drug-likeness (QED) is 0.0382. The summed E-state index contributed by atoms with van der Waals surface area (Å²) in [6, 6.07) is 95.7. The highest BCUT2D eigenvalue weighted by atomic mass is 16.5. The van der Waals surface area contributed by atoms with Crippen molar-refractivity contribution < 1.29 is 18.9 Å². The van der Waals surface area contributed by atoms with Crippen LogP contribution in [0.4, 0.5) is 0 Å². The molecule has 0 aliphatic rings. The Morgan fingerprint density at radius 2 is 0.260 bits per heavy atom. The molecule has 0 saturated carbocycles. The molecule has 0 aromatic heterocycles. The van der Waals surface area contributed by atoms with E-state index < -0.39 is 0 Å². The Hall–Kier alpha value is -9.38. The first-order chi connectivity index (χ1) is 64.0. The largest absolute Gasteiger partial charge is 0.494 e. The topological polar surface area (TPSA) is 36.9 Å². The van der Waals surface area contributed by atoms with Crippen LogP contribution in [0.2, 0.25) is 0 Å². The van der Waals surface area contributed by atoms with Gasteiger partial charge < -0.3 is 18.9 Å². The maximum Gasteiger partial charge on any atom is 0.119 e. The summed E-state index contributed by atoms with van der Waals surface area (Å²) in [7, 11) is 0. The first-order valence-electron chi connectivity index (χ1n) is 52.4. The van der Waals surface area contributed by atoms with E-state index in [2.05, 4.69) is 383 Å². The molecule has 4 nitrogen and oxygen atoms in total. The highest BCUT2D eigenvalue weighted by Crippen LogP contribution is 2.21. The Morgan fingerprint density at radius 3 is 0.420 bits per heavy atom. The van der Waals surface area contributed by atoms with Gasteiger partial charge >= 0.3 is 0 Å². The third kappa shape index (κ3) is 61.9. The number of aryl methyl sites for hydroxylation is 18. The van der Waals surface area contributed by atoms with Crippen LogP contribution in [0.25, 0.3) is 0 Å². The van der Waals surface area contributed by atoms with Crippen LogP contribution < -0.4 is 18.9 Å². The van der Waals surface area contributed by atoms with Gasteiger partial charge in [0.15, 0.2) is 0 Å². The lowest BCUT2D eigenvalue weighted by Gasteiger charge is -2.05. The Bertz CT molecular complexity index is 4020. The van der Waals surface area contributed by atoms with Crippen LogP contribution in [-0.2, 0) is 116 Å². The van der Waals surface area contributed by atoms with Crippen molar-refractivity contribution in [2.24, 2.45) is 0 Å². The molecule has 0 aliphatic heterocycles. The van der Waals surface area contributed by atoms with Crippen molar-refractivity contribution in [3.63, 3.8) is 0 Å². The first-order valence-corrected chi connectivity index (χ1v) is 52.4. The zero-order chi connectivity index (χ0) is 96.2. The second-order valence-corrected chi connectivity index (χ2v) is 34.1. The van der Waals surface area contributed by atoms with Gasteiger partial charge in [0.2, 0.25) is 0 Å². The monoisotopic (exact) mass is 1780 g/mol. The molecule has 0 bridgehead atoms. The predicted molar refractivity (Wildman–Crippen MR) is 583 cm³/mol. The van der Waals surface area contributed by atoms with Crippen LogP contribution in [0.15, 0.2) is 267 Å². The first kappa shape index (κ1) is 120. The maximum absolute atomic E-state index is 5.54. The molecule has 0 aliphatic carbocycles. The fourth-order valence-corrected chi connectivity index (χ4v) is 14.3. The maximum atomic E-state index is 5.54. The van der Waals surface area contributed by atoms with E-state index in [0.717, 1.165) is 139 Å². The van der Waals surface area contributed by atoms with Crippen LogP contribution in [0, 0.1) is 0 Å². The third-order valence-electron chi connectivity index (χ3n) is 21.9. The molecule has 0 radical (unpaired) electrons. The molecule has 720 valence electrons. The Kier molecular flexibility index (Phi) is 76.4. The number of ether oxygens (including phenoxy) is 4. The van der Waals surface area contributed by atoms with E-state index in [0.29, 0.717) is 0 Å². The Morgan fingerprint density at radius 1 is 0.130 bits per heavy atom. The summed E-state index contributed by atoms with van der Waals surface area (Å²) in [5.41, 5.74) is 26.1. The Labute approximate surface area is 807 Å². The van der Waals surface area contributed by atoms with E-state index in [1.807, 2.05) is 36.4 Å². The summed E-state index contributed by atoms with van der Waals surface area (Å²) in [5, 5.41) is 0. The summed E-state index contributed by atoms with van der Waals surface area (Å²) in [5.74, 6) is 4.01. The minimum Gasteiger partial charge on any atom is -0.494 e. The highest BCUT2D eigenvalue weighted by molar-refractivity contribution is 5.34. The summed E-state index contributed by atoms with van der Waals surface area (Å²) < 4.78 is 22.1. The molecule has 0 N–H and O–H groups in total. The lowest BCUT2D eigenvalue weighted by molar-refractivity contribution is 0.317. The minimum atomic E-state index is 0.813. The summed E-state index contributed by atoms with van der Waals surface area (Å²) in [6.07, 6.45) is 41.8. The zero-order valence-corrected chi connectivity index (χ0v) is 87.6. The molecule has 0 saturated heterocycles. The number of hydrogen-bond donors (Lipinski definition) is 0. The lowest BCUT2D eigenvalue weighted by Crippen LogP contribution is -1.95. The van der Waals surface area contributed by atoms with Gasteiger partial charge in [-0.15, -0.1) is 0 Å². The lowest BCUT2D eigenvalue weighted by atomic mass is 10.0. The van der Waals surface area contributed by atoms with Gasteiger partial charge in [0.25, 0.3) is 0 Å². The molecule has 0 heterocycles. The van der Waals surface area contributed by atoms with Crippen LogP contribution in [0.3, 0.4) is 0 Å². The van der Waals surface area contributed by atoms with Gasteiger partial charge in [-0.05, 0) is 309 Å². The number of rotatable bonds is 43. The van der Waals surface area contributed by atoms with E-state index >= 15 is 0 Å². The van der Waals surface area contributed by atoms with Gasteiger partial charge in [0.1, 0.15) is 23.0 Å². The molecule has 0 unspecified atom stereocenters. The molecule has 131 heavy (non-hydrogen) atoms. The molecule has 0 fully saturated rings. The second-order valence-electron chi connectivity index (χ2n) is 34.1. The van der Waals surface area contributed by atoms with E-state index in [1.165, 1.54) is 235 Å². The molecule has 0 spiro atoms. The van der Waals surface area contributed by atoms with Crippen molar-refractivity contribution >= 4 is 0 Å². The molecular formula is C127H188O4. The fraction of sp³-hybridized carbons (Fsp3) is 0.480. The summed E-state index contributed by atoms with van der Waals surface area (Å²) in [6.45, 7) is 51.5. The molecule has 4 heteroatoms. The van der Waals surface area contributed by atoms with Gasteiger partial charge in [0, 0.05) is 0 Å². The zero-order valence-electron chi connectivity index (χ0n) is 87.6. The normalized spacial score (nSPS) is 10.0. The molecular weight excluding hydrogens is 1590 g/mol. The predicted octanol–water partition coefficient (Wildman–Crippen LogP) is 36.9. The minimum absolute atomic E-state index is 0.813. The molecule has 11 rings (SSSR count). The van der Waals surface area contributed by atoms with Gasteiger partial charge in [-0.2, -0.15) is 0 Å². The SMILES string of the molecule is CCCCc1cccc(CC)c1.CCCCc1cccc(CC)c1.CCCCc1cccc(CCC)c1.CCCOc1cccc(CC)c1.CCCOc1cccc(CC)c1.CCCOc1cccc(CCC)c1.CCCOc1cccc(CCC)c1.CCCc1cccc(CC)c1.CCCc1cccc(CC)c1.CCCc1cccc(CCC)c1.CCc1cccc(CC)c1. The number of unbranched alkanes of at least 4 members (excludes halogenated alkanes) is 3. The van der Waals surface area contributed by atoms with Crippen LogP contribution in [0.1, 0.15) is 362 Å². The van der Waals surface area contributed by atoms with Crippen molar-refractivity contribution in [1.29, 1.82) is 0 Å². The number of benzene rings is 11. The summed E-state index contributed by atoms with van der Waals surface area (Å²) >= 11 is 0.